The van der Waals surface area contributed by atoms with Crippen molar-refractivity contribution in [1.29, 1.82) is 0 Å². The van der Waals surface area contributed by atoms with Gasteiger partial charge in [-0.15, -0.1) is 0 Å². The van der Waals surface area contributed by atoms with Crippen molar-refractivity contribution < 1.29 is 9.84 Å². The molecule has 0 amide bonds. The molecule has 0 aliphatic carbocycles. The van der Waals surface area contributed by atoms with Gasteiger partial charge in [-0.1, -0.05) is 6.07 Å². The van der Waals surface area contributed by atoms with Crippen LogP contribution in [-0.4, -0.2) is 58.8 Å². The SMILES string of the molecule is C[C@H]1Cc2cc([C@H](O)CN3CCN(c4ncccn4)CC3)ccc2O1. The summed E-state index contributed by atoms with van der Waals surface area (Å²) in [4.78, 5) is 13.1. The number of fused-ring (bicyclic) bond motifs is 1. The van der Waals surface area contributed by atoms with Crippen molar-refractivity contribution in [3.05, 3.63) is 47.8 Å². The van der Waals surface area contributed by atoms with Gasteiger partial charge < -0.3 is 14.7 Å². The molecule has 2 atom stereocenters. The first kappa shape index (κ1) is 16.3. The largest absolute Gasteiger partial charge is 0.490 e. The number of aliphatic hydroxyl groups excluding tert-OH is 1. The highest BCUT2D eigenvalue weighted by atomic mass is 16.5. The average molecular weight is 340 g/mol. The molecule has 1 aromatic heterocycles. The van der Waals surface area contributed by atoms with Gasteiger partial charge in [-0.25, -0.2) is 9.97 Å². The van der Waals surface area contributed by atoms with Crippen molar-refractivity contribution in [1.82, 2.24) is 14.9 Å². The molecule has 6 nitrogen and oxygen atoms in total. The van der Waals surface area contributed by atoms with Gasteiger partial charge in [0.15, 0.2) is 0 Å². The fraction of sp³-hybridized carbons (Fsp3) is 0.474. The molecule has 0 unspecified atom stereocenters. The smallest absolute Gasteiger partial charge is 0.225 e. The van der Waals surface area contributed by atoms with Gasteiger partial charge in [-0.2, -0.15) is 0 Å². The van der Waals surface area contributed by atoms with Crippen LogP contribution in [-0.2, 0) is 6.42 Å². The second-order valence-electron chi connectivity index (χ2n) is 6.85. The van der Waals surface area contributed by atoms with Crippen molar-refractivity contribution >= 4 is 5.95 Å². The molecule has 0 saturated carbocycles. The van der Waals surface area contributed by atoms with E-state index in [1.54, 1.807) is 12.4 Å². The molecule has 2 aliphatic rings. The number of rotatable bonds is 4. The van der Waals surface area contributed by atoms with Crippen LogP contribution in [0.4, 0.5) is 5.95 Å². The minimum absolute atomic E-state index is 0.232. The quantitative estimate of drug-likeness (QED) is 0.913. The third kappa shape index (κ3) is 3.60. The van der Waals surface area contributed by atoms with Gasteiger partial charge in [-0.05, 0) is 36.2 Å². The molecule has 2 aromatic rings. The third-order valence-electron chi connectivity index (χ3n) is 4.94. The van der Waals surface area contributed by atoms with Crippen LogP contribution in [0.3, 0.4) is 0 Å². The zero-order valence-electron chi connectivity index (χ0n) is 14.5. The molecule has 2 aliphatic heterocycles. The monoisotopic (exact) mass is 340 g/mol. The summed E-state index contributed by atoms with van der Waals surface area (Å²) in [5.41, 5.74) is 2.18. The van der Waals surface area contributed by atoms with E-state index in [0.717, 1.165) is 49.9 Å². The lowest BCUT2D eigenvalue weighted by Crippen LogP contribution is -2.48. The van der Waals surface area contributed by atoms with Gasteiger partial charge in [0, 0.05) is 51.5 Å². The number of nitrogens with zero attached hydrogens (tertiary/aromatic N) is 4. The predicted octanol–water partition coefficient (Wildman–Crippen LogP) is 1.66. The Morgan fingerprint density at radius 3 is 2.72 bits per heavy atom. The van der Waals surface area contributed by atoms with Gasteiger partial charge >= 0.3 is 0 Å². The van der Waals surface area contributed by atoms with Gasteiger partial charge in [0.2, 0.25) is 5.95 Å². The van der Waals surface area contributed by atoms with Crippen LogP contribution in [0.15, 0.2) is 36.7 Å². The van der Waals surface area contributed by atoms with E-state index >= 15 is 0 Å². The van der Waals surface area contributed by atoms with Crippen LogP contribution in [0.2, 0.25) is 0 Å². The minimum Gasteiger partial charge on any atom is -0.490 e. The molecule has 0 spiro atoms. The molecule has 6 heteroatoms. The normalized spacial score (nSPS) is 21.7. The number of hydrogen-bond donors (Lipinski definition) is 1. The summed E-state index contributed by atoms with van der Waals surface area (Å²) in [6.07, 6.45) is 4.23. The maximum absolute atomic E-state index is 10.6. The Hall–Kier alpha value is -2.18. The number of hydrogen-bond acceptors (Lipinski definition) is 6. The van der Waals surface area contributed by atoms with Crippen LogP contribution in [0.1, 0.15) is 24.2 Å². The van der Waals surface area contributed by atoms with E-state index in [4.69, 9.17) is 4.74 Å². The van der Waals surface area contributed by atoms with E-state index in [1.165, 1.54) is 5.56 Å². The summed E-state index contributed by atoms with van der Waals surface area (Å²) in [6.45, 7) is 6.30. The molecule has 132 valence electrons. The van der Waals surface area contributed by atoms with Gasteiger partial charge in [-0.3, -0.25) is 4.90 Å². The van der Waals surface area contributed by atoms with Gasteiger partial charge in [0.05, 0.1) is 6.10 Å². The maximum Gasteiger partial charge on any atom is 0.225 e. The highest BCUT2D eigenvalue weighted by molar-refractivity contribution is 5.41. The van der Waals surface area contributed by atoms with Crippen LogP contribution < -0.4 is 9.64 Å². The predicted molar refractivity (Wildman–Crippen MR) is 95.9 cm³/mol. The van der Waals surface area contributed by atoms with Gasteiger partial charge in [0.25, 0.3) is 0 Å². The maximum atomic E-state index is 10.6. The van der Waals surface area contributed by atoms with E-state index in [1.807, 2.05) is 18.2 Å². The van der Waals surface area contributed by atoms with Crippen LogP contribution in [0.25, 0.3) is 0 Å². The first-order valence-corrected chi connectivity index (χ1v) is 8.91. The zero-order chi connectivity index (χ0) is 17.2. The fourth-order valence-corrected chi connectivity index (χ4v) is 3.58. The Balaban J connectivity index is 1.33. The summed E-state index contributed by atoms with van der Waals surface area (Å²) < 4.78 is 5.74. The average Bonchev–Trinajstić information content (AvgIpc) is 3.02. The number of anilines is 1. The number of aliphatic hydroxyl groups is 1. The molecule has 4 rings (SSSR count). The molecular formula is C19H24N4O2. The van der Waals surface area contributed by atoms with Crippen LogP contribution >= 0.6 is 0 Å². The Bertz CT molecular complexity index is 717. The second-order valence-corrected chi connectivity index (χ2v) is 6.85. The van der Waals surface area contributed by atoms with E-state index in [9.17, 15) is 5.11 Å². The Kier molecular flexibility index (Phi) is 4.55. The van der Waals surface area contributed by atoms with E-state index in [2.05, 4.69) is 32.8 Å². The second kappa shape index (κ2) is 6.98. The molecule has 1 N–H and O–H groups in total. The third-order valence-corrected chi connectivity index (χ3v) is 4.94. The van der Waals surface area contributed by atoms with E-state index < -0.39 is 6.10 Å². The van der Waals surface area contributed by atoms with Gasteiger partial charge in [0.1, 0.15) is 11.9 Å². The fourth-order valence-electron chi connectivity index (χ4n) is 3.58. The summed E-state index contributed by atoms with van der Waals surface area (Å²) in [5.74, 6) is 1.75. The Morgan fingerprint density at radius 2 is 1.96 bits per heavy atom. The molecule has 1 aromatic carbocycles. The number of ether oxygens (including phenoxy) is 1. The lowest BCUT2D eigenvalue weighted by Gasteiger charge is -2.35. The van der Waals surface area contributed by atoms with Crippen LogP contribution in [0.5, 0.6) is 5.75 Å². The minimum atomic E-state index is -0.472. The molecule has 0 radical (unpaired) electrons. The number of aromatic nitrogens is 2. The number of β-amino-alcohol motifs (C(OH)–C–C–N with tert-alkyl or cyclic N) is 1. The Labute approximate surface area is 148 Å². The van der Waals surface area contributed by atoms with E-state index in [0.29, 0.717) is 6.54 Å². The molecule has 0 bridgehead atoms. The summed E-state index contributed by atoms with van der Waals surface area (Å²) in [5, 5.41) is 10.6. The van der Waals surface area contributed by atoms with Crippen LogP contribution in [0, 0.1) is 0 Å². The molecule has 1 fully saturated rings. The van der Waals surface area contributed by atoms with E-state index in [-0.39, 0.29) is 6.10 Å². The molecule has 3 heterocycles. The van der Waals surface area contributed by atoms with Crippen molar-refractivity contribution in [3.8, 4) is 5.75 Å². The topological polar surface area (TPSA) is 61.7 Å². The number of benzene rings is 1. The zero-order valence-corrected chi connectivity index (χ0v) is 14.5. The lowest BCUT2D eigenvalue weighted by molar-refractivity contribution is 0.109. The van der Waals surface area contributed by atoms with Crippen molar-refractivity contribution in [2.45, 2.75) is 25.6 Å². The highest BCUT2D eigenvalue weighted by Gasteiger charge is 2.23. The number of piperazine rings is 1. The summed E-state index contributed by atoms with van der Waals surface area (Å²) >= 11 is 0. The first-order valence-electron chi connectivity index (χ1n) is 8.91. The lowest BCUT2D eigenvalue weighted by atomic mass is 10.0. The van der Waals surface area contributed by atoms with Crippen molar-refractivity contribution in [2.75, 3.05) is 37.6 Å². The summed E-state index contributed by atoms with van der Waals surface area (Å²) in [6, 6.07) is 7.90. The van der Waals surface area contributed by atoms with Crippen molar-refractivity contribution in [3.63, 3.8) is 0 Å². The van der Waals surface area contributed by atoms with Crippen molar-refractivity contribution in [2.24, 2.45) is 0 Å². The standard InChI is InChI=1S/C19H24N4O2/c1-14-11-16-12-15(3-4-18(16)25-14)17(24)13-22-7-9-23(10-8-22)19-20-5-2-6-21-19/h2-6,12,14,17,24H,7-11,13H2,1H3/t14-,17+/m0/s1. The summed E-state index contributed by atoms with van der Waals surface area (Å²) in [7, 11) is 0. The Morgan fingerprint density at radius 1 is 1.20 bits per heavy atom. The highest BCUT2D eigenvalue weighted by Crippen LogP contribution is 2.31. The molecule has 1 saturated heterocycles. The molecule has 25 heavy (non-hydrogen) atoms. The first-order chi connectivity index (χ1) is 12.2. The molecular weight excluding hydrogens is 316 g/mol.